The second-order valence-electron chi connectivity index (χ2n) is 5.00. The zero-order valence-electron chi connectivity index (χ0n) is 11.6. The number of nitrogens with one attached hydrogen (secondary N) is 1. The van der Waals surface area contributed by atoms with Crippen molar-refractivity contribution in [1.82, 2.24) is 15.1 Å². The first kappa shape index (κ1) is 12.7. The number of alkyl carbamates (subject to hydrolysis) is 1. The van der Waals surface area contributed by atoms with Crippen LogP contribution in [-0.2, 0) is 11.3 Å². The molecule has 5 nitrogen and oxygen atoms in total. The van der Waals surface area contributed by atoms with E-state index >= 15 is 0 Å². The summed E-state index contributed by atoms with van der Waals surface area (Å²) in [5, 5.41) is 7.26. The lowest BCUT2D eigenvalue weighted by Crippen LogP contribution is -2.12. The molecule has 3 rings (SSSR count). The smallest absolute Gasteiger partial charge is 0.407 e. The zero-order chi connectivity index (χ0) is 14.1. The zero-order valence-corrected chi connectivity index (χ0v) is 11.6. The van der Waals surface area contributed by atoms with E-state index in [-0.39, 0.29) is 12.2 Å². The molecule has 1 atom stereocenters. The van der Waals surface area contributed by atoms with Gasteiger partial charge in [0.2, 0.25) is 0 Å². The van der Waals surface area contributed by atoms with Crippen molar-refractivity contribution >= 4 is 6.09 Å². The van der Waals surface area contributed by atoms with Gasteiger partial charge >= 0.3 is 6.09 Å². The van der Waals surface area contributed by atoms with Crippen LogP contribution in [0.1, 0.15) is 28.6 Å². The molecule has 20 heavy (non-hydrogen) atoms. The van der Waals surface area contributed by atoms with Crippen LogP contribution < -0.4 is 5.32 Å². The highest BCUT2D eigenvalue weighted by atomic mass is 16.6. The van der Waals surface area contributed by atoms with Crippen LogP contribution in [0.5, 0.6) is 0 Å². The maximum absolute atomic E-state index is 11.2. The maximum atomic E-state index is 11.2. The van der Waals surface area contributed by atoms with Crippen molar-refractivity contribution in [3.8, 4) is 0 Å². The molecule has 0 bridgehead atoms. The summed E-state index contributed by atoms with van der Waals surface area (Å²) < 4.78 is 7.23. The summed E-state index contributed by atoms with van der Waals surface area (Å²) in [5.74, 6) is 0. The van der Waals surface area contributed by atoms with Gasteiger partial charge in [0.1, 0.15) is 6.10 Å². The fraction of sp³-hybridized carbons (Fsp3) is 0.333. The van der Waals surface area contributed by atoms with Gasteiger partial charge in [0, 0.05) is 11.3 Å². The summed E-state index contributed by atoms with van der Waals surface area (Å²) in [6, 6.07) is 10.2. The molecule has 1 unspecified atom stereocenters. The first-order valence-electron chi connectivity index (χ1n) is 6.67. The molecule has 1 saturated heterocycles. The Morgan fingerprint density at radius 2 is 2.10 bits per heavy atom. The van der Waals surface area contributed by atoms with Gasteiger partial charge in [-0.2, -0.15) is 5.10 Å². The predicted octanol–water partition coefficient (Wildman–Crippen LogP) is 2.33. The first-order chi connectivity index (χ1) is 9.65. The number of benzene rings is 1. The van der Waals surface area contributed by atoms with Gasteiger partial charge in [-0.25, -0.2) is 4.79 Å². The normalized spacial score (nSPS) is 17.9. The van der Waals surface area contributed by atoms with Gasteiger partial charge in [0.15, 0.2) is 0 Å². The van der Waals surface area contributed by atoms with Crippen LogP contribution in [0.2, 0.25) is 0 Å². The van der Waals surface area contributed by atoms with Gasteiger partial charge in [-0.05, 0) is 19.4 Å². The summed E-state index contributed by atoms with van der Waals surface area (Å²) in [7, 11) is 0. The molecule has 2 heterocycles. The average Bonchev–Trinajstić information content (AvgIpc) is 2.96. The largest absolute Gasteiger partial charge is 0.439 e. The monoisotopic (exact) mass is 271 g/mol. The van der Waals surface area contributed by atoms with Crippen molar-refractivity contribution in [3.63, 3.8) is 0 Å². The Labute approximate surface area is 117 Å². The van der Waals surface area contributed by atoms with Crippen LogP contribution in [0.3, 0.4) is 0 Å². The minimum absolute atomic E-state index is 0.230. The van der Waals surface area contributed by atoms with E-state index in [2.05, 4.69) is 22.5 Å². The highest BCUT2D eigenvalue weighted by Gasteiger charge is 2.29. The fourth-order valence-corrected chi connectivity index (χ4v) is 2.64. The van der Waals surface area contributed by atoms with E-state index < -0.39 is 0 Å². The average molecular weight is 271 g/mol. The second-order valence-corrected chi connectivity index (χ2v) is 5.00. The third kappa shape index (κ3) is 2.27. The van der Waals surface area contributed by atoms with Crippen LogP contribution in [0.15, 0.2) is 30.3 Å². The highest BCUT2D eigenvalue weighted by molar-refractivity contribution is 5.69. The SMILES string of the molecule is Cc1nn(Cc2ccccc2)c(C)c1C1CNC(=O)O1. The number of ether oxygens (including phenoxy) is 1. The molecule has 0 spiro atoms. The number of carbonyl (C=O) groups excluding carboxylic acids is 1. The quantitative estimate of drug-likeness (QED) is 0.932. The van der Waals surface area contributed by atoms with Crippen molar-refractivity contribution in [2.75, 3.05) is 6.54 Å². The van der Waals surface area contributed by atoms with Crippen LogP contribution in [0, 0.1) is 13.8 Å². The number of carbonyl (C=O) groups is 1. The Morgan fingerprint density at radius 3 is 2.75 bits per heavy atom. The molecule has 0 saturated carbocycles. The van der Waals surface area contributed by atoms with Crippen molar-refractivity contribution in [2.45, 2.75) is 26.5 Å². The van der Waals surface area contributed by atoms with Crippen molar-refractivity contribution in [1.29, 1.82) is 0 Å². The molecular formula is C15H17N3O2. The number of hydrogen-bond donors (Lipinski definition) is 1. The van der Waals surface area contributed by atoms with Crippen LogP contribution in [0.25, 0.3) is 0 Å². The number of amides is 1. The number of nitrogens with zero attached hydrogens (tertiary/aromatic N) is 2. The number of cyclic esters (lactones) is 1. The van der Waals surface area contributed by atoms with Gasteiger partial charge in [-0.3, -0.25) is 4.68 Å². The Bertz CT molecular complexity index is 634. The van der Waals surface area contributed by atoms with Gasteiger partial charge in [0.25, 0.3) is 0 Å². The van der Waals surface area contributed by atoms with Gasteiger partial charge in [-0.1, -0.05) is 30.3 Å². The Hall–Kier alpha value is -2.30. The van der Waals surface area contributed by atoms with Crippen molar-refractivity contribution in [2.24, 2.45) is 0 Å². The standard InChI is InChI=1S/C15H17N3O2/c1-10-14(13-8-16-15(19)20-13)11(2)18(17-10)9-12-6-4-3-5-7-12/h3-7,13H,8-9H2,1-2H3,(H,16,19). The lowest BCUT2D eigenvalue weighted by atomic mass is 10.1. The minimum Gasteiger partial charge on any atom is -0.439 e. The fourth-order valence-electron chi connectivity index (χ4n) is 2.64. The number of aromatic nitrogens is 2. The van der Waals surface area contributed by atoms with Gasteiger partial charge in [-0.15, -0.1) is 0 Å². The third-order valence-corrected chi connectivity index (χ3v) is 3.62. The lowest BCUT2D eigenvalue weighted by molar-refractivity contribution is 0.140. The summed E-state index contributed by atoms with van der Waals surface area (Å²) >= 11 is 0. The van der Waals surface area contributed by atoms with E-state index in [1.807, 2.05) is 36.7 Å². The van der Waals surface area contributed by atoms with E-state index in [4.69, 9.17) is 4.74 Å². The lowest BCUT2D eigenvalue weighted by Gasteiger charge is -2.09. The molecule has 1 amide bonds. The first-order valence-corrected chi connectivity index (χ1v) is 6.67. The molecule has 1 fully saturated rings. The Balaban J connectivity index is 1.89. The van der Waals surface area contributed by atoms with E-state index in [0.29, 0.717) is 6.54 Å². The molecule has 0 radical (unpaired) electrons. The van der Waals surface area contributed by atoms with E-state index in [1.165, 1.54) is 5.56 Å². The number of hydrogen-bond acceptors (Lipinski definition) is 3. The molecule has 1 N–H and O–H groups in total. The summed E-state index contributed by atoms with van der Waals surface area (Å²) in [5.41, 5.74) is 4.18. The summed E-state index contributed by atoms with van der Waals surface area (Å²) in [4.78, 5) is 11.2. The Kier molecular flexibility index (Phi) is 3.18. The molecule has 1 aliphatic heterocycles. The van der Waals surface area contributed by atoms with Crippen LogP contribution in [0.4, 0.5) is 4.79 Å². The second kappa shape index (κ2) is 5.00. The molecule has 1 aliphatic rings. The summed E-state index contributed by atoms with van der Waals surface area (Å²) in [6.07, 6.45) is -0.586. The third-order valence-electron chi connectivity index (χ3n) is 3.62. The molecule has 1 aromatic heterocycles. The van der Waals surface area contributed by atoms with E-state index in [1.54, 1.807) is 0 Å². The predicted molar refractivity (Wildman–Crippen MR) is 74.5 cm³/mol. The number of aryl methyl sites for hydroxylation is 1. The molecular weight excluding hydrogens is 254 g/mol. The van der Waals surface area contributed by atoms with Gasteiger partial charge < -0.3 is 10.1 Å². The van der Waals surface area contributed by atoms with E-state index in [9.17, 15) is 4.79 Å². The number of rotatable bonds is 3. The van der Waals surface area contributed by atoms with Crippen molar-refractivity contribution < 1.29 is 9.53 Å². The highest BCUT2D eigenvalue weighted by Crippen LogP contribution is 2.27. The molecule has 1 aromatic carbocycles. The molecule has 104 valence electrons. The van der Waals surface area contributed by atoms with E-state index in [0.717, 1.165) is 23.5 Å². The minimum atomic E-state index is -0.357. The molecule has 0 aliphatic carbocycles. The van der Waals surface area contributed by atoms with Gasteiger partial charge in [0.05, 0.1) is 18.8 Å². The summed E-state index contributed by atoms with van der Waals surface area (Å²) in [6.45, 7) is 5.21. The molecule has 5 heteroatoms. The topological polar surface area (TPSA) is 56.2 Å². The Morgan fingerprint density at radius 1 is 1.35 bits per heavy atom. The van der Waals surface area contributed by atoms with Crippen molar-refractivity contribution in [3.05, 3.63) is 52.8 Å². The van der Waals surface area contributed by atoms with Crippen LogP contribution >= 0.6 is 0 Å². The maximum Gasteiger partial charge on any atom is 0.407 e. The molecule has 2 aromatic rings. The van der Waals surface area contributed by atoms with Crippen LogP contribution in [-0.4, -0.2) is 22.4 Å².